The fourth-order valence-corrected chi connectivity index (χ4v) is 3.65. The SMILES string of the molecule is COc1ccc2cc(C(=O)NCCN3CCN(c4ccccc4)CC3)[nH]c2c1. The number of hydrogen-bond donors (Lipinski definition) is 2. The smallest absolute Gasteiger partial charge is 0.267 e. The van der Waals surface area contributed by atoms with Crippen molar-refractivity contribution >= 4 is 22.5 Å². The van der Waals surface area contributed by atoms with Gasteiger partial charge in [0.25, 0.3) is 5.91 Å². The van der Waals surface area contributed by atoms with Crippen molar-refractivity contribution in [2.24, 2.45) is 0 Å². The van der Waals surface area contributed by atoms with E-state index in [1.807, 2.05) is 30.3 Å². The van der Waals surface area contributed by atoms with Gasteiger partial charge in [0, 0.05) is 61.9 Å². The Labute approximate surface area is 165 Å². The van der Waals surface area contributed by atoms with Crippen LogP contribution in [0, 0.1) is 0 Å². The molecule has 1 amide bonds. The van der Waals surface area contributed by atoms with E-state index in [9.17, 15) is 4.79 Å². The summed E-state index contributed by atoms with van der Waals surface area (Å²) in [5.41, 5.74) is 2.77. The van der Waals surface area contributed by atoms with Crippen molar-refractivity contribution in [1.82, 2.24) is 15.2 Å². The van der Waals surface area contributed by atoms with Crippen molar-refractivity contribution in [3.63, 3.8) is 0 Å². The molecular weight excluding hydrogens is 352 g/mol. The monoisotopic (exact) mass is 378 g/mol. The molecule has 0 bridgehead atoms. The predicted octanol–water partition coefficient (Wildman–Crippen LogP) is 2.73. The number of carbonyl (C=O) groups is 1. The number of amides is 1. The maximum atomic E-state index is 12.4. The lowest BCUT2D eigenvalue weighted by molar-refractivity contribution is 0.0943. The Balaban J connectivity index is 1.25. The number of carbonyl (C=O) groups excluding carboxylic acids is 1. The summed E-state index contributed by atoms with van der Waals surface area (Å²) in [7, 11) is 1.64. The highest BCUT2D eigenvalue weighted by atomic mass is 16.5. The van der Waals surface area contributed by atoms with Crippen molar-refractivity contribution in [2.45, 2.75) is 0 Å². The van der Waals surface area contributed by atoms with E-state index < -0.39 is 0 Å². The number of aromatic amines is 1. The Bertz CT molecular complexity index is 930. The Morgan fingerprint density at radius 3 is 2.61 bits per heavy atom. The van der Waals surface area contributed by atoms with Crippen LogP contribution in [0.1, 0.15) is 10.5 Å². The van der Waals surface area contributed by atoms with Gasteiger partial charge in [-0.05, 0) is 30.3 Å². The highest BCUT2D eigenvalue weighted by Gasteiger charge is 2.17. The highest BCUT2D eigenvalue weighted by molar-refractivity contribution is 5.98. The van der Waals surface area contributed by atoms with Gasteiger partial charge in [-0.15, -0.1) is 0 Å². The Kier molecular flexibility index (Phi) is 5.48. The summed E-state index contributed by atoms with van der Waals surface area (Å²) < 4.78 is 5.23. The van der Waals surface area contributed by atoms with Gasteiger partial charge in [-0.3, -0.25) is 9.69 Å². The van der Waals surface area contributed by atoms with E-state index >= 15 is 0 Å². The van der Waals surface area contributed by atoms with Gasteiger partial charge in [-0.25, -0.2) is 0 Å². The third kappa shape index (κ3) is 4.12. The quantitative estimate of drug-likeness (QED) is 0.692. The number of ether oxygens (including phenoxy) is 1. The summed E-state index contributed by atoms with van der Waals surface area (Å²) in [6, 6.07) is 18.2. The third-order valence-corrected chi connectivity index (χ3v) is 5.28. The fraction of sp³-hybridized carbons (Fsp3) is 0.318. The van der Waals surface area contributed by atoms with E-state index in [4.69, 9.17) is 4.74 Å². The summed E-state index contributed by atoms with van der Waals surface area (Å²) >= 11 is 0. The van der Waals surface area contributed by atoms with Crippen LogP contribution in [0.15, 0.2) is 54.6 Å². The molecule has 0 atom stereocenters. The number of piperazine rings is 1. The number of nitrogens with one attached hydrogen (secondary N) is 2. The zero-order valence-electron chi connectivity index (χ0n) is 16.1. The van der Waals surface area contributed by atoms with Gasteiger partial charge in [0.15, 0.2) is 0 Å². The van der Waals surface area contributed by atoms with Crippen molar-refractivity contribution in [3.05, 3.63) is 60.3 Å². The molecule has 2 N–H and O–H groups in total. The van der Waals surface area contributed by atoms with Gasteiger partial charge in [-0.1, -0.05) is 18.2 Å². The molecule has 1 aliphatic rings. The van der Waals surface area contributed by atoms with E-state index in [-0.39, 0.29) is 5.91 Å². The Hall–Kier alpha value is -2.99. The first-order valence-electron chi connectivity index (χ1n) is 9.70. The molecule has 1 aliphatic heterocycles. The molecule has 0 unspecified atom stereocenters. The summed E-state index contributed by atoms with van der Waals surface area (Å²) in [6.45, 7) is 5.56. The van der Waals surface area contributed by atoms with Gasteiger partial charge in [0.05, 0.1) is 7.11 Å². The number of hydrogen-bond acceptors (Lipinski definition) is 4. The van der Waals surface area contributed by atoms with Gasteiger partial charge in [0.1, 0.15) is 11.4 Å². The molecule has 6 nitrogen and oxygen atoms in total. The lowest BCUT2D eigenvalue weighted by atomic mass is 10.2. The molecule has 2 heterocycles. The summed E-state index contributed by atoms with van der Waals surface area (Å²) in [6.07, 6.45) is 0. The largest absolute Gasteiger partial charge is 0.497 e. The van der Waals surface area contributed by atoms with Crippen LogP contribution in [0.4, 0.5) is 5.69 Å². The predicted molar refractivity (Wildman–Crippen MR) is 112 cm³/mol. The minimum atomic E-state index is -0.0712. The normalized spacial score (nSPS) is 15.0. The number of aromatic nitrogens is 1. The van der Waals surface area contributed by atoms with Crippen LogP contribution in [0.25, 0.3) is 10.9 Å². The molecule has 0 saturated carbocycles. The maximum Gasteiger partial charge on any atom is 0.267 e. The zero-order chi connectivity index (χ0) is 19.3. The number of fused-ring (bicyclic) bond motifs is 1. The molecule has 146 valence electrons. The average molecular weight is 378 g/mol. The highest BCUT2D eigenvalue weighted by Crippen LogP contribution is 2.21. The molecule has 0 aliphatic carbocycles. The van der Waals surface area contributed by atoms with Crippen LogP contribution in [-0.2, 0) is 0 Å². The maximum absolute atomic E-state index is 12.4. The molecule has 3 aromatic rings. The van der Waals surface area contributed by atoms with Crippen molar-refractivity contribution in [3.8, 4) is 5.75 Å². The minimum Gasteiger partial charge on any atom is -0.497 e. The lowest BCUT2D eigenvalue weighted by Crippen LogP contribution is -2.48. The van der Waals surface area contributed by atoms with Crippen LogP contribution in [0.2, 0.25) is 0 Å². The van der Waals surface area contributed by atoms with E-state index in [2.05, 4.69) is 44.4 Å². The molecule has 1 saturated heterocycles. The van der Waals surface area contributed by atoms with Crippen LogP contribution in [-0.4, -0.2) is 62.2 Å². The molecule has 1 fully saturated rings. The van der Waals surface area contributed by atoms with E-state index in [0.717, 1.165) is 49.4 Å². The number of para-hydroxylation sites is 1. The summed E-state index contributed by atoms with van der Waals surface area (Å²) in [4.78, 5) is 20.4. The van der Waals surface area contributed by atoms with Crippen LogP contribution >= 0.6 is 0 Å². The molecular formula is C22H26N4O2. The number of methoxy groups -OCH3 is 1. The molecule has 2 aromatic carbocycles. The first kappa shape index (κ1) is 18.4. The molecule has 4 rings (SSSR count). The molecule has 0 spiro atoms. The lowest BCUT2D eigenvalue weighted by Gasteiger charge is -2.36. The standard InChI is InChI=1S/C22H26N4O2/c1-28-19-8-7-17-15-21(24-20(17)16-19)22(27)23-9-10-25-11-13-26(14-12-25)18-5-3-2-4-6-18/h2-8,15-16,24H,9-14H2,1H3,(H,23,27). The van der Waals surface area contributed by atoms with Gasteiger partial charge in [0.2, 0.25) is 0 Å². The second-order valence-corrected chi connectivity index (χ2v) is 7.06. The number of anilines is 1. The van der Waals surface area contributed by atoms with Gasteiger partial charge >= 0.3 is 0 Å². The third-order valence-electron chi connectivity index (χ3n) is 5.28. The van der Waals surface area contributed by atoms with Crippen molar-refractivity contribution in [2.75, 3.05) is 51.3 Å². The first-order chi connectivity index (χ1) is 13.7. The average Bonchev–Trinajstić information content (AvgIpc) is 3.18. The fourth-order valence-electron chi connectivity index (χ4n) is 3.65. The van der Waals surface area contributed by atoms with Crippen LogP contribution in [0.3, 0.4) is 0 Å². The number of H-pyrrole nitrogens is 1. The summed E-state index contributed by atoms with van der Waals surface area (Å²) in [5, 5.41) is 4.02. The van der Waals surface area contributed by atoms with Crippen molar-refractivity contribution < 1.29 is 9.53 Å². The van der Waals surface area contributed by atoms with E-state index in [1.54, 1.807) is 7.11 Å². The second-order valence-electron chi connectivity index (χ2n) is 7.06. The molecule has 6 heteroatoms. The van der Waals surface area contributed by atoms with Crippen LogP contribution in [0.5, 0.6) is 5.75 Å². The molecule has 0 radical (unpaired) electrons. The first-order valence-corrected chi connectivity index (χ1v) is 9.70. The zero-order valence-corrected chi connectivity index (χ0v) is 16.1. The van der Waals surface area contributed by atoms with Gasteiger partial charge in [-0.2, -0.15) is 0 Å². The Morgan fingerprint density at radius 1 is 1.07 bits per heavy atom. The molecule has 28 heavy (non-hydrogen) atoms. The minimum absolute atomic E-state index is 0.0712. The van der Waals surface area contributed by atoms with E-state index in [1.165, 1.54) is 5.69 Å². The summed E-state index contributed by atoms with van der Waals surface area (Å²) in [5.74, 6) is 0.703. The Morgan fingerprint density at radius 2 is 1.86 bits per heavy atom. The van der Waals surface area contributed by atoms with Gasteiger partial charge < -0.3 is 19.9 Å². The van der Waals surface area contributed by atoms with E-state index in [0.29, 0.717) is 12.2 Å². The topological polar surface area (TPSA) is 60.6 Å². The number of benzene rings is 2. The second kappa shape index (κ2) is 8.35. The number of rotatable bonds is 6. The number of nitrogens with zero attached hydrogens (tertiary/aromatic N) is 2. The van der Waals surface area contributed by atoms with Crippen LogP contribution < -0.4 is 15.0 Å². The molecule has 1 aromatic heterocycles. The van der Waals surface area contributed by atoms with Crippen molar-refractivity contribution in [1.29, 1.82) is 0 Å².